The van der Waals surface area contributed by atoms with E-state index in [1.54, 1.807) is 0 Å². The van der Waals surface area contributed by atoms with Gasteiger partial charge in [-0.05, 0) is 37.1 Å². The Kier molecular flexibility index (Phi) is 6.11. The van der Waals surface area contributed by atoms with Crippen LogP contribution in [0.3, 0.4) is 0 Å². The molecule has 2 N–H and O–H groups in total. The van der Waals surface area contributed by atoms with Crippen molar-refractivity contribution >= 4 is 35.6 Å². The van der Waals surface area contributed by atoms with Gasteiger partial charge in [0.15, 0.2) is 0 Å². The zero-order valence-corrected chi connectivity index (χ0v) is 18.1. The molecular weight excluding hydrogens is 490 g/mol. The number of hydrogen-bond acceptors (Lipinski definition) is 5. The van der Waals surface area contributed by atoms with E-state index in [-0.39, 0.29) is 35.5 Å². The lowest BCUT2D eigenvalue weighted by Gasteiger charge is -2.16. The number of nitrogens with one attached hydrogen (secondary N) is 2. The smallest absolute Gasteiger partial charge is 0.360 e. The first-order valence-corrected chi connectivity index (χ1v) is 10.0. The molecule has 3 heterocycles. The van der Waals surface area contributed by atoms with Crippen LogP contribution in [0.4, 0.5) is 27.8 Å². The molecule has 1 saturated heterocycles. The van der Waals surface area contributed by atoms with Crippen molar-refractivity contribution in [3.05, 3.63) is 40.8 Å². The molecule has 1 unspecified atom stereocenters. The summed E-state index contributed by atoms with van der Waals surface area (Å²) in [6.45, 7) is 0.284. The standard InChI is InChI=1S/C20H14ClF5N6.ClH/c21-17-16(18(28-7-20(24,25)26)32-19(31-17)29-8-30-32)15-13(22)3-9(4-14(15)23)1-2-10-11-5-27-6-12(10)11;/h3-4,8,10-12,27-28H,5-7H2;1H/t10?,11-,12+;. The highest BCUT2D eigenvalue weighted by atomic mass is 35.5. The molecule has 1 saturated carbocycles. The van der Waals surface area contributed by atoms with Crippen molar-refractivity contribution in [2.45, 2.75) is 6.18 Å². The highest BCUT2D eigenvalue weighted by Crippen LogP contribution is 2.48. The second-order valence-electron chi connectivity index (χ2n) is 7.66. The van der Waals surface area contributed by atoms with E-state index in [4.69, 9.17) is 11.6 Å². The van der Waals surface area contributed by atoms with Crippen molar-refractivity contribution in [2.24, 2.45) is 17.8 Å². The number of piperidine rings is 1. The highest BCUT2D eigenvalue weighted by molar-refractivity contribution is 6.33. The Morgan fingerprint density at radius 1 is 1.15 bits per heavy atom. The summed E-state index contributed by atoms with van der Waals surface area (Å²) in [4.78, 5) is 7.66. The molecular formula is C20H15Cl2F5N6. The van der Waals surface area contributed by atoms with E-state index in [2.05, 4.69) is 37.5 Å². The minimum absolute atomic E-state index is 0. The summed E-state index contributed by atoms with van der Waals surface area (Å²) in [5.41, 5.74) is -0.911. The Balaban J connectivity index is 0.00000259. The molecule has 13 heteroatoms. The molecule has 0 amide bonds. The van der Waals surface area contributed by atoms with Crippen LogP contribution in [0.2, 0.25) is 5.15 Å². The molecule has 2 fully saturated rings. The van der Waals surface area contributed by atoms with E-state index in [0.717, 1.165) is 36.1 Å². The maximum atomic E-state index is 15.0. The number of rotatable bonds is 3. The van der Waals surface area contributed by atoms with Gasteiger partial charge < -0.3 is 10.6 Å². The molecule has 6 nitrogen and oxygen atoms in total. The quantitative estimate of drug-likeness (QED) is 0.321. The summed E-state index contributed by atoms with van der Waals surface area (Å²) in [5, 5.41) is 8.71. The van der Waals surface area contributed by atoms with Gasteiger partial charge in [-0.15, -0.1) is 12.4 Å². The lowest BCUT2D eigenvalue weighted by molar-refractivity contribution is -0.115. The first-order valence-electron chi connectivity index (χ1n) is 9.64. The molecule has 174 valence electrons. The number of fused-ring (bicyclic) bond motifs is 2. The molecule has 5 rings (SSSR count). The van der Waals surface area contributed by atoms with Crippen molar-refractivity contribution in [1.29, 1.82) is 0 Å². The van der Waals surface area contributed by atoms with Crippen molar-refractivity contribution < 1.29 is 22.0 Å². The largest absolute Gasteiger partial charge is 0.405 e. The molecule has 3 aromatic rings. The third kappa shape index (κ3) is 4.43. The fourth-order valence-corrected chi connectivity index (χ4v) is 4.33. The number of benzene rings is 1. The molecule has 0 radical (unpaired) electrons. The third-order valence-electron chi connectivity index (χ3n) is 5.61. The van der Waals surface area contributed by atoms with Crippen LogP contribution in [0.15, 0.2) is 18.5 Å². The van der Waals surface area contributed by atoms with Crippen LogP contribution in [0, 0.1) is 41.2 Å². The summed E-state index contributed by atoms with van der Waals surface area (Å²) < 4.78 is 69.4. The van der Waals surface area contributed by atoms with Crippen LogP contribution in [0.5, 0.6) is 0 Å². The Labute approximate surface area is 195 Å². The van der Waals surface area contributed by atoms with Gasteiger partial charge in [0.25, 0.3) is 5.78 Å². The van der Waals surface area contributed by atoms with E-state index in [0.29, 0.717) is 11.8 Å². The van der Waals surface area contributed by atoms with Gasteiger partial charge in [-0.1, -0.05) is 23.4 Å². The molecule has 1 aliphatic carbocycles. The second kappa shape index (κ2) is 8.59. The first kappa shape index (κ1) is 23.5. The van der Waals surface area contributed by atoms with Crippen LogP contribution in [-0.4, -0.2) is 45.4 Å². The molecule has 33 heavy (non-hydrogen) atoms. The van der Waals surface area contributed by atoms with Gasteiger partial charge in [-0.3, -0.25) is 0 Å². The summed E-state index contributed by atoms with van der Waals surface area (Å²) in [5.74, 6) is 4.40. The lowest BCUT2D eigenvalue weighted by atomic mass is 10.0. The number of anilines is 1. The molecule has 3 atom stereocenters. The van der Waals surface area contributed by atoms with Crippen LogP contribution in [0.25, 0.3) is 16.9 Å². The predicted molar refractivity (Wildman–Crippen MR) is 113 cm³/mol. The maximum Gasteiger partial charge on any atom is 0.405 e. The van der Waals surface area contributed by atoms with Crippen molar-refractivity contribution in [2.75, 3.05) is 25.0 Å². The lowest BCUT2D eigenvalue weighted by Crippen LogP contribution is -2.23. The molecule has 0 bridgehead atoms. The monoisotopic (exact) mass is 504 g/mol. The summed E-state index contributed by atoms with van der Waals surface area (Å²) in [6.07, 6.45) is -3.57. The molecule has 1 aromatic carbocycles. The maximum absolute atomic E-state index is 15.0. The minimum Gasteiger partial charge on any atom is -0.360 e. The van der Waals surface area contributed by atoms with Gasteiger partial charge in [0.05, 0.1) is 11.1 Å². The zero-order valence-electron chi connectivity index (χ0n) is 16.6. The average molecular weight is 505 g/mol. The normalized spacial score (nSPS) is 21.2. The van der Waals surface area contributed by atoms with Gasteiger partial charge in [-0.25, -0.2) is 8.78 Å². The van der Waals surface area contributed by atoms with Crippen LogP contribution in [0.1, 0.15) is 5.56 Å². The number of alkyl halides is 3. The summed E-state index contributed by atoms with van der Waals surface area (Å²) in [7, 11) is 0. The van der Waals surface area contributed by atoms with Gasteiger partial charge >= 0.3 is 6.18 Å². The summed E-state index contributed by atoms with van der Waals surface area (Å²) in [6, 6.07) is 2.05. The van der Waals surface area contributed by atoms with E-state index in [1.807, 2.05) is 0 Å². The SMILES string of the molecule is Cl.Fc1cc(C#CC2[C@H]3CNC[C@@H]23)cc(F)c1-c1c(Cl)nc2ncnn2c1NCC(F)(F)F. The fraction of sp³-hybridized carbons (Fsp3) is 0.350. The molecule has 2 aliphatic rings. The molecule has 1 aliphatic heterocycles. The number of nitrogens with zero attached hydrogens (tertiary/aromatic N) is 4. The van der Waals surface area contributed by atoms with Gasteiger partial charge in [0.1, 0.15) is 35.5 Å². The van der Waals surface area contributed by atoms with Gasteiger partial charge in [-0.2, -0.15) is 32.8 Å². The van der Waals surface area contributed by atoms with E-state index in [1.165, 1.54) is 0 Å². The predicted octanol–water partition coefficient (Wildman–Crippen LogP) is 3.94. The number of halogens is 7. The van der Waals surface area contributed by atoms with Crippen molar-refractivity contribution in [3.63, 3.8) is 0 Å². The van der Waals surface area contributed by atoms with Gasteiger partial charge in [0.2, 0.25) is 0 Å². The first-order chi connectivity index (χ1) is 15.2. The zero-order chi connectivity index (χ0) is 22.6. The van der Waals surface area contributed by atoms with Crippen LogP contribution < -0.4 is 10.6 Å². The van der Waals surface area contributed by atoms with Gasteiger partial charge in [0, 0.05) is 11.5 Å². The second-order valence-corrected chi connectivity index (χ2v) is 8.02. The third-order valence-corrected chi connectivity index (χ3v) is 5.88. The van der Waals surface area contributed by atoms with E-state index >= 15 is 8.78 Å². The number of aromatic nitrogens is 4. The highest BCUT2D eigenvalue weighted by Gasteiger charge is 2.51. The fourth-order valence-electron chi connectivity index (χ4n) is 4.07. The van der Waals surface area contributed by atoms with E-state index < -0.39 is 40.6 Å². The summed E-state index contributed by atoms with van der Waals surface area (Å²) >= 11 is 6.12. The topological polar surface area (TPSA) is 67.1 Å². The molecule has 0 spiro atoms. The van der Waals surface area contributed by atoms with Crippen LogP contribution in [-0.2, 0) is 0 Å². The van der Waals surface area contributed by atoms with Crippen LogP contribution >= 0.6 is 24.0 Å². The Morgan fingerprint density at radius 3 is 2.45 bits per heavy atom. The minimum atomic E-state index is -4.60. The Hall–Kier alpha value is -2.68. The van der Waals surface area contributed by atoms with Crippen molar-refractivity contribution in [3.8, 4) is 23.0 Å². The van der Waals surface area contributed by atoms with E-state index in [9.17, 15) is 13.2 Å². The molecule has 2 aromatic heterocycles. The number of hydrogen-bond donors (Lipinski definition) is 2. The Bertz CT molecular complexity index is 1250. The van der Waals surface area contributed by atoms with Crippen molar-refractivity contribution in [1.82, 2.24) is 24.9 Å². The Morgan fingerprint density at radius 2 is 1.82 bits per heavy atom. The average Bonchev–Trinajstić information content (AvgIpc) is 3.07.